The van der Waals surface area contributed by atoms with Gasteiger partial charge >= 0.3 is 0 Å². The summed E-state index contributed by atoms with van der Waals surface area (Å²) in [6.45, 7) is 0. The summed E-state index contributed by atoms with van der Waals surface area (Å²) in [6.07, 6.45) is 0. The van der Waals surface area contributed by atoms with Crippen molar-refractivity contribution in [3.63, 3.8) is 0 Å². The van der Waals surface area contributed by atoms with Crippen LogP contribution in [0.3, 0.4) is 0 Å². The van der Waals surface area contributed by atoms with Crippen LogP contribution in [0.25, 0.3) is 0 Å². The van der Waals surface area contributed by atoms with Gasteiger partial charge in [-0.1, -0.05) is 17.7 Å². The second kappa shape index (κ2) is 5.84. The Kier molecular flexibility index (Phi) is 4.15. The first-order valence-electron chi connectivity index (χ1n) is 6.04. The number of hydrogen-bond acceptors (Lipinski definition) is 3. The van der Waals surface area contributed by atoms with E-state index in [1.54, 1.807) is 0 Å². The van der Waals surface area contributed by atoms with Crippen molar-refractivity contribution in [1.29, 1.82) is 0 Å². The average Bonchev–Trinajstić information content (AvgIpc) is 2.42. The van der Waals surface area contributed by atoms with Crippen LogP contribution < -0.4 is 10.2 Å². The van der Waals surface area contributed by atoms with E-state index in [2.05, 4.69) is 5.32 Å². The van der Waals surface area contributed by atoms with E-state index in [-0.39, 0.29) is 16.7 Å². The first kappa shape index (κ1) is 14.2. The summed E-state index contributed by atoms with van der Waals surface area (Å²) in [6, 6.07) is 11.9. The minimum Gasteiger partial charge on any atom is -0.506 e. The number of amides is 1. The second-order valence-corrected chi connectivity index (χ2v) is 4.97. The minimum atomic E-state index is -0.275. The number of phenolic OH excluding ortho intramolecular Hbond substituents is 1. The third kappa shape index (κ3) is 3.22. The normalized spacial score (nSPS) is 10.2. The van der Waals surface area contributed by atoms with Crippen LogP contribution in [-0.4, -0.2) is 25.1 Å². The number of carbonyl (C=O) groups excluding carboxylic acids is 1. The highest BCUT2D eigenvalue weighted by Gasteiger charge is 2.09. The summed E-state index contributed by atoms with van der Waals surface area (Å²) < 4.78 is 0. The van der Waals surface area contributed by atoms with Crippen LogP contribution in [0.4, 0.5) is 11.4 Å². The molecule has 2 rings (SSSR count). The largest absolute Gasteiger partial charge is 0.506 e. The Balaban J connectivity index is 2.19. The van der Waals surface area contributed by atoms with Crippen molar-refractivity contribution in [1.82, 2.24) is 0 Å². The summed E-state index contributed by atoms with van der Waals surface area (Å²) in [5.74, 6) is -0.319. The third-order valence-corrected chi connectivity index (χ3v) is 3.13. The molecule has 0 atom stereocenters. The van der Waals surface area contributed by atoms with Gasteiger partial charge in [0.1, 0.15) is 5.75 Å². The topological polar surface area (TPSA) is 52.6 Å². The summed E-state index contributed by atoms with van der Waals surface area (Å²) in [5, 5.41) is 12.3. The lowest BCUT2D eigenvalue weighted by Gasteiger charge is -2.14. The number of carbonyl (C=O) groups is 1. The summed E-state index contributed by atoms with van der Waals surface area (Å²) in [4.78, 5) is 14.0. The fraction of sp³-hybridized carbons (Fsp3) is 0.133. The maximum Gasteiger partial charge on any atom is 0.255 e. The van der Waals surface area contributed by atoms with Crippen LogP contribution in [0.5, 0.6) is 5.75 Å². The molecule has 0 saturated heterocycles. The van der Waals surface area contributed by atoms with Crippen molar-refractivity contribution < 1.29 is 9.90 Å². The number of nitrogens with one attached hydrogen (secondary N) is 1. The van der Waals surface area contributed by atoms with Gasteiger partial charge in [-0.2, -0.15) is 0 Å². The van der Waals surface area contributed by atoms with Gasteiger partial charge in [-0.15, -0.1) is 0 Å². The number of rotatable bonds is 3. The maximum absolute atomic E-state index is 12.1. The molecular formula is C15H15ClN2O2. The number of aromatic hydroxyl groups is 1. The summed E-state index contributed by atoms with van der Waals surface area (Å²) >= 11 is 5.79. The molecule has 20 heavy (non-hydrogen) atoms. The molecule has 4 nitrogen and oxygen atoms in total. The standard InChI is InChI=1S/C15H15ClN2O2/c1-18(2)12-5-3-4-11(9-12)17-15(20)10-6-7-14(19)13(16)8-10/h3-9,19H,1-2H3,(H,17,20). The van der Waals surface area contributed by atoms with E-state index in [4.69, 9.17) is 11.6 Å². The Morgan fingerprint density at radius 1 is 1.20 bits per heavy atom. The van der Waals surface area contributed by atoms with E-state index in [1.165, 1.54) is 18.2 Å². The van der Waals surface area contributed by atoms with Crippen molar-refractivity contribution in [3.8, 4) is 5.75 Å². The molecule has 5 heteroatoms. The Morgan fingerprint density at radius 2 is 1.95 bits per heavy atom. The summed E-state index contributed by atoms with van der Waals surface area (Å²) in [7, 11) is 3.86. The molecule has 0 aliphatic rings. The molecule has 2 aromatic carbocycles. The third-order valence-electron chi connectivity index (χ3n) is 2.83. The Hall–Kier alpha value is -2.20. The average molecular weight is 291 g/mol. The fourth-order valence-corrected chi connectivity index (χ4v) is 1.89. The molecule has 0 spiro atoms. The van der Waals surface area contributed by atoms with E-state index < -0.39 is 0 Å². The number of halogens is 1. The minimum absolute atomic E-state index is 0.0437. The second-order valence-electron chi connectivity index (χ2n) is 4.57. The van der Waals surface area contributed by atoms with Crippen LogP contribution in [0, 0.1) is 0 Å². The Morgan fingerprint density at radius 3 is 2.60 bits per heavy atom. The van der Waals surface area contributed by atoms with Gasteiger partial charge in [-0.3, -0.25) is 4.79 Å². The Labute approximate surface area is 122 Å². The molecule has 0 heterocycles. The zero-order valence-corrected chi connectivity index (χ0v) is 12.0. The van der Waals surface area contributed by atoms with Crippen LogP contribution >= 0.6 is 11.6 Å². The molecule has 104 valence electrons. The van der Waals surface area contributed by atoms with Gasteiger partial charge < -0.3 is 15.3 Å². The van der Waals surface area contributed by atoms with Gasteiger partial charge in [0.25, 0.3) is 5.91 Å². The highest BCUT2D eigenvalue weighted by molar-refractivity contribution is 6.32. The maximum atomic E-state index is 12.1. The zero-order chi connectivity index (χ0) is 14.7. The van der Waals surface area contributed by atoms with Gasteiger partial charge in [0.2, 0.25) is 0 Å². The van der Waals surface area contributed by atoms with Crippen LogP contribution in [0.2, 0.25) is 5.02 Å². The van der Waals surface area contributed by atoms with Crippen LogP contribution in [0.15, 0.2) is 42.5 Å². The molecular weight excluding hydrogens is 276 g/mol. The Bertz CT molecular complexity index is 642. The van der Waals surface area contributed by atoms with E-state index in [0.717, 1.165) is 5.69 Å². The predicted octanol–water partition coefficient (Wildman–Crippen LogP) is 3.36. The molecule has 1 amide bonds. The van der Waals surface area contributed by atoms with E-state index in [9.17, 15) is 9.90 Å². The number of phenols is 1. The number of hydrogen-bond donors (Lipinski definition) is 2. The smallest absolute Gasteiger partial charge is 0.255 e. The van der Waals surface area contributed by atoms with Crippen LogP contribution in [0.1, 0.15) is 10.4 Å². The van der Waals surface area contributed by atoms with Gasteiger partial charge in [-0.25, -0.2) is 0 Å². The lowest BCUT2D eigenvalue weighted by Crippen LogP contribution is -2.13. The van der Waals surface area contributed by atoms with E-state index in [1.807, 2.05) is 43.3 Å². The lowest BCUT2D eigenvalue weighted by molar-refractivity contribution is 0.102. The lowest BCUT2D eigenvalue weighted by atomic mass is 10.2. The molecule has 0 radical (unpaired) electrons. The van der Waals surface area contributed by atoms with Gasteiger partial charge in [0.15, 0.2) is 0 Å². The first-order chi connectivity index (χ1) is 9.47. The molecule has 0 saturated carbocycles. The molecule has 0 bridgehead atoms. The van der Waals surface area contributed by atoms with Gasteiger partial charge in [-0.05, 0) is 36.4 Å². The summed E-state index contributed by atoms with van der Waals surface area (Å²) in [5.41, 5.74) is 2.08. The molecule has 0 unspecified atom stereocenters. The SMILES string of the molecule is CN(C)c1cccc(NC(=O)c2ccc(O)c(Cl)c2)c1. The highest BCUT2D eigenvalue weighted by atomic mass is 35.5. The molecule has 0 aliphatic heterocycles. The van der Waals surface area contributed by atoms with Crippen LogP contribution in [-0.2, 0) is 0 Å². The van der Waals surface area contributed by atoms with Crippen molar-refractivity contribution in [3.05, 3.63) is 53.1 Å². The van der Waals surface area contributed by atoms with Crippen molar-refractivity contribution in [2.45, 2.75) is 0 Å². The fourth-order valence-electron chi connectivity index (χ4n) is 1.71. The van der Waals surface area contributed by atoms with E-state index in [0.29, 0.717) is 11.3 Å². The van der Waals surface area contributed by atoms with Gasteiger partial charge in [0, 0.05) is 31.0 Å². The monoisotopic (exact) mass is 290 g/mol. The van der Waals surface area contributed by atoms with Crippen molar-refractivity contribution in [2.24, 2.45) is 0 Å². The predicted molar refractivity (Wildman–Crippen MR) is 81.8 cm³/mol. The first-order valence-corrected chi connectivity index (χ1v) is 6.42. The number of benzene rings is 2. The molecule has 0 aromatic heterocycles. The molecule has 2 N–H and O–H groups in total. The molecule has 2 aromatic rings. The van der Waals surface area contributed by atoms with E-state index >= 15 is 0 Å². The quantitative estimate of drug-likeness (QED) is 0.911. The van der Waals surface area contributed by atoms with Crippen molar-refractivity contribution in [2.75, 3.05) is 24.3 Å². The highest BCUT2D eigenvalue weighted by Crippen LogP contribution is 2.24. The van der Waals surface area contributed by atoms with Crippen molar-refractivity contribution >= 4 is 28.9 Å². The number of anilines is 2. The van der Waals surface area contributed by atoms with Gasteiger partial charge in [0.05, 0.1) is 5.02 Å². The molecule has 0 fully saturated rings. The zero-order valence-electron chi connectivity index (χ0n) is 11.2. The molecule has 0 aliphatic carbocycles. The number of nitrogens with zero attached hydrogens (tertiary/aromatic N) is 1.